The van der Waals surface area contributed by atoms with E-state index in [9.17, 15) is 24.6 Å². The fraction of sp³-hybridized carbons (Fsp3) is 0.864. The zero-order valence-corrected chi connectivity index (χ0v) is 23.1. The number of hydrogen-bond acceptors (Lipinski definition) is 22. The van der Waals surface area contributed by atoms with Crippen molar-refractivity contribution in [2.24, 2.45) is 5.73 Å². The van der Waals surface area contributed by atoms with Gasteiger partial charge in [-0.2, -0.15) is 0 Å². The maximum atomic E-state index is 10.5. The number of ketones is 1. The second-order valence-electron chi connectivity index (χ2n) is 8.85. The molecular weight excluding hydrogens is 614 g/mol. The van der Waals surface area contributed by atoms with Crippen LogP contribution in [0, 0.1) is 0 Å². The predicted octanol–water partition coefficient (Wildman–Crippen LogP) is -12.1. The minimum Gasteiger partial charge on any atom is -0.394 e. The summed E-state index contributed by atoms with van der Waals surface area (Å²) >= 11 is 0. The van der Waals surface area contributed by atoms with Crippen LogP contribution in [-0.4, -0.2) is 224 Å². The first-order valence-corrected chi connectivity index (χ1v) is 12.4. The largest absolute Gasteiger partial charge is 0.394 e. The average molecular weight is 660 g/mol. The standard InChI is InChI=1S/C6H13NO5.C6H12O6.2C5H10O5/c7-3-5(10)4(9)2(1-8)12-6(3)11;7-1-3(9)5(11)6(12)4(10)2-8;2*6-1-3(8)5(10)4(9)2-7/h2-6,8-11H,1,7H2;3,5-9,11-12H,1-2H2;2*1,3-5,7-10H,2H2/t2-,3-,4-,5-,6?;;;/m1.../s1. The van der Waals surface area contributed by atoms with E-state index in [0.29, 0.717) is 0 Å². The highest BCUT2D eigenvalue weighted by Crippen LogP contribution is 2.17. The molecule has 1 saturated heterocycles. The van der Waals surface area contributed by atoms with Crippen LogP contribution in [0.15, 0.2) is 0 Å². The minimum atomic E-state index is -1.86. The Morgan fingerprint density at radius 1 is 0.659 bits per heavy atom. The summed E-state index contributed by atoms with van der Waals surface area (Å²) in [6.45, 7) is -3.53. The van der Waals surface area contributed by atoms with Gasteiger partial charge >= 0.3 is 0 Å². The molecule has 1 aliphatic rings. The van der Waals surface area contributed by atoms with E-state index < -0.39 is 124 Å². The van der Waals surface area contributed by atoms with Crippen LogP contribution in [0.5, 0.6) is 0 Å². The summed E-state index contributed by atoms with van der Waals surface area (Å²) in [5.41, 5.74) is 5.26. The molecule has 1 fully saturated rings. The minimum absolute atomic E-state index is 0.0869. The lowest BCUT2D eigenvalue weighted by Gasteiger charge is -2.38. The molecule has 1 heterocycles. The van der Waals surface area contributed by atoms with Crippen molar-refractivity contribution in [3.63, 3.8) is 0 Å². The lowest BCUT2D eigenvalue weighted by Crippen LogP contribution is -2.61. The molecule has 14 atom stereocenters. The maximum absolute atomic E-state index is 10.5. The van der Waals surface area contributed by atoms with Gasteiger partial charge in [-0.15, -0.1) is 0 Å². The molecule has 0 aromatic carbocycles. The van der Waals surface area contributed by atoms with Gasteiger partial charge in [0.15, 0.2) is 24.6 Å². The van der Waals surface area contributed by atoms with Gasteiger partial charge in [-0.25, -0.2) is 0 Å². The summed E-state index contributed by atoms with van der Waals surface area (Å²) < 4.78 is 4.70. The van der Waals surface area contributed by atoms with E-state index in [1.807, 2.05) is 0 Å². The predicted molar refractivity (Wildman–Crippen MR) is 137 cm³/mol. The molecule has 1 aliphatic heterocycles. The van der Waals surface area contributed by atoms with E-state index in [1.54, 1.807) is 0 Å². The van der Waals surface area contributed by atoms with Crippen molar-refractivity contribution in [1.29, 1.82) is 0 Å². The van der Waals surface area contributed by atoms with Crippen LogP contribution >= 0.6 is 0 Å². The van der Waals surface area contributed by atoms with E-state index in [4.69, 9.17) is 87.1 Å². The normalized spacial score (nSPS) is 27.4. The lowest BCUT2D eigenvalue weighted by atomic mass is 9.98. The molecule has 0 saturated carbocycles. The van der Waals surface area contributed by atoms with E-state index in [-0.39, 0.29) is 12.6 Å². The molecule has 22 heteroatoms. The van der Waals surface area contributed by atoms with E-state index >= 15 is 0 Å². The van der Waals surface area contributed by atoms with Gasteiger partial charge in [0.1, 0.15) is 79.9 Å². The van der Waals surface area contributed by atoms with Crippen molar-refractivity contribution in [2.45, 2.75) is 85.6 Å². The van der Waals surface area contributed by atoms with E-state index in [2.05, 4.69) is 0 Å². The van der Waals surface area contributed by atoms with Crippen LogP contribution in [0.1, 0.15) is 0 Å². The first-order valence-electron chi connectivity index (χ1n) is 12.4. The van der Waals surface area contributed by atoms with Crippen LogP contribution in [0.25, 0.3) is 0 Å². The third kappa shape index (κ3) is 17.1. The van der Waals surface area contributed by atoms with Crippen molar-refractivity contribution in [3.05, 3.63) is 0 Å². The monoisotopic (exact) mass is 659 g/mol. The molecule has 0 aromatic heterocycles. The third-order valence-corrected chi connectivity index (χ3v) is 5.48. The summed E-state index contributed by atoms with van der Waals surface area (Å²) in [5.74, 6) is -1.00. The van der Waals surface area contributed by atoms with Gasteiger partial charge in [0.25, 0.3) is 0 Å². The highest BCUT2D eigenvalue weighted by molar-refractivity contribution is 5.84. The molecule has 0 aliphatic carbocycles. The molecule has 264 valence electrons. The fourth-order valence-corrected chi connectivity index (χ4v) is 2.55. The molecule has 1 rings (SSSR count). The van der Waals surface area contributed by atoms with Gasteiger partial charge in [-0.1, -0.05) is 0 Å². The van der Waals surface area contributed by atoms with Crippen molar-refractivity contribution in [1.82, 2.24) is 0 Å². The van der Waals surface area contributed by atoms with Gasteiger partial charge < -0.3 is 107 Å². The first-order chi connectivity index (χ1) is 20.4. The second kappa shape index (κ2) is 25.4. The summed E-state index contributed by atoms with van der Waals surface area (Å²) in [4.78, 5) is 30.0. The Balaban J connectivity index is -0.000000512. The lowest BCUT2D eigenvalue weighted by molar-refractivity contribution is -0.248. The zero-order valence-electron chi connectivity index (χ0n) is 23.1. The smallest absolute Gasteiger partial charge is 0.189 e. The highest BCUT2D eigenvalue weighted by Gasteiger charge is 2.41. The van der Waals surface area contributed by atoms with E-state index in [0.717, 1.165) is 0 Å². The molecule has 44 heavy (non-hydrogen) atoms. The topological polar surface area (TPSA) is 430 Å². The molecule has 10 unspecified atom stereocenters. The molecule has 0 spiro atoms. The highest BCUT2D eigenvalue weighted by atomic mass is 16.6. The molecule has 22 nitrogen and oxygen atoms in total. The van der Waals surface area contributed by atoms with Crippen molar-refractivity contribution < 1.29 is 106 Å². The number of nitrogens with two attached hydrogens (primary N) is 1. The van der Waals surface area contributed by atoms with Crippen LogP contribution < -0.4 is 5.73 Å². The van der Waals surface area contributed by atoms with E-state index in [1.165, 1.54) is 0 Å². The number of aliphatic hydroxyl groups is 17. The van der Waals surface area contributed by atoms with Gasteiger partial charge in [0.2, 0.25) is 0 Å². The Labute approximate surface area is 249 Å². The first kappa shape index (κ1) is 46.7. The zero-order chi connectivity index (χ0) is 35.3. The number of carbonyl (C=O) groups excluding carboxylic acids is 3. The number of aliphatic hydroxyl groups excluding tert-OH is 17. The summed E-state index contributed by atoms with van der Waals surface area (Å²) in [5, 5.41) is 147. The Kier molecular flexibility index (Phi) is 27.0. The van der Waals surface area contributed by atoms with Gasteiger partial charge in [0.05, 0.1) is 32.5 Å². The fourth-order valence-electron chi connectivity index (χ4n) is 2.55. The summed E-state index contributed by atoms with van der Waals surface area (Å²) in [6.07, 6.45) is -19.3. The van der Waals surface area contributed by atoms with Crippen LogP contribution in [0.3, 0.4) is 0 Å². The average Bonchev–Trinajstić information content (AvgIpc) is 3.05. The number of carbonyl (C=O) groups is 3. The SMILES string of the molecule is N[C@H]1C(O)O[C@H](CO)[C@@H](O)[C@@H]1O.O=C(CO)C(O)C(O)C(O)CO.O=CC(O)C(O)C(O)CO.O=CC(O)C(O)C(O)CO. The Morgan fingerprint density at radius 3 is 1.32 bits per heavy atom. The molecular formula is C22H45NO21. The van der Waals surface area contributed by atoms with Gasteiger partial charge in [-0.05, 0) is 0 Å². The van der Waals surface area contributed by atoms with Crippen LogP contribution in [-0.2, 0) is 19.1 Å². The molecule has 0 amide bonds. The Bertz CT molecular complexity index is 720. The van der Waals surface area contributed by atoms with Crippen molar-refractivity contribution in [3.8, 4) is 0 Å². The Hall–Kier alpha value is -1.75. The molecule has 0 radical (unpaired) electrons. The summed E-state index contributed by atoms with van der Waals surface area (Å²) in [6, 6.07) is -1.04. The van der Waals surface area contributed by atoms with Crippen LogP contribution in [0.4, 0.5) is 0 Å². The third-order valence-electron chi connectivity index (χ3n) is 5.48. The van der Waals surface area contributed by atoms with Crippen molar-refractivity contribution in [2.75, 3.05) is 33.0 Å². The summed E-state index contributed by atoms with van der Waals surface area (Å²) in [7, 11) is 0. The number of aldehydes is 2. The number of rotatable bonds is 14. The number of ether oxygens (including phenoxy) is 1. The molecule has 19 N–H and O–H groups in total. The van der Waals surface area contributed by atoms with Gasteiger partial charge in [0, 0.05) is 0 Å². The second-order valence-corrected chi connectivity index (χ2v) is 8.85. The van der Waals surface area contributed by atoms with Crippen molar-refractivity contribution >= 4 is 18.4 Å². The quantitative estimate of drug-likeness (QED) is 0.0769. The molecule has 0 aromatic rings. The molecule has 0 bridgehead atoms. The Morgan fingerprint density at radius 2 is 1.02 bits per heavy atom. The van der Waals surface area contributed by atoms with Crippen LogP contribution in [0.2, 0.25) is 0 Å². The number of hydrogen-bond donors (Lipinski definition) is 18. The van der Waals surface area contributed by atoms with Gasteiger partial charge in [-0.3, -0.25) is 4.79 Å². The maximum Gasteiger partial charge on any atom is 0.189 e. The number of Topliss-reactive ketones (excluding diaryl/α,β-unsaturated/α-hetero) is 1.